The van der Waals surface area contributed by atoms with Crippen molar-refractivity contribution in [3.05, 3.63) is 83.4 Å². The Morgan fingerprint density at radius 1 is 1.00 bits per heavy atom. The number of nitrogens with zero attached hydrogens (tertiary/aromatic N) is 2. The van der Waals surface area contributed by atoms with Crippen LogP contribution >= 0.6 is 23.1 Å². The van der Waals surface area contributed by atoms with Crippen molar-refractivity contribution < 1.29 is 9.53 Å². The zero-order chi connectivity index (χ0) is 23.2. The van der Waals surface area contributed by atoms with Crippen molar-refractivity contribution >= 4 is 44.4 Å². The number of ether oxygens (including phenoxy) is 1. The molecule has 0 saturated carbocycles. The monoisotopic (exact) mass is 476 g/mol. The van der Waals surface area contributed by atoms with Crippen LogP contribution in [0.3, 0.4) is 0 Å². The van der Waals surface area contributed by atoms with Crippen molar-refractivity contribution in [3.63, 3.8) is 0 Å². The molecule has 0 saturated heterocycles. The van der Waals surface area contributed by atoms with Gasteiger partial charge in [-0.05, 0) is 67.0 Å². The van der Waals surface area contributed by atoms with Crippen molar-refractivity contribution in [1.29, 1.82) is 0 Å². The molecular formula is C27H28N2O2S2. The first-order valence-corrected chi connectivity index (χ1v) is 12.8. The van der Waals surface area contributed by atoms with Gasteiger partial charge < -0.3 is 4.74 Å². The molecule has 0 bridgehead atoms. The number of methoxy groups -OCH3 is 1. The van der Waals surface area contributed by atoms with Gasteiger partial charge in [0.15, 0.2) is 5.13 Å². The molecule has 0 N–H and O–H groups in total. The van der Waals surface area contributed by atoms with Crippen LogP contribution in [0.15, 0.2) is 71.6 Å². The van der Waals surface area contributed by atoms with Gasteiger partial charge in [0.25, 0.3) is 0 Å². The lowest BCUT2D eigenvalue weighted by atomic mass is 10.1. The molecule has 1 heterocycles. The van der Waals surface area contributed by atoms with E-state index in [-0.39, 0.29) is 5.91 Å². The van der Waals surface area contributed by atoms with Gasteiger partial charge in [-0.2, -0.15) is 0 Å². The van der Waals surface area contributed by atoms with Crippen LogP contribution in [0, 0.1) is 13.8 Å². The van der Waals surface area contributed by atoms with E-state index in [1.54, 1.807) is 30.2 Å². The highest BCUT2D eigenvalue weighted by Crippen LogP contribution is 2.34. The van der Waals surface area contributed by atoms with E-state index in [1.165, 1.54) is 10.5 Å². The number of fused-ring (bicyclic) bond motifs is 1. The average Bonchev–Trinajstić information content (AvgIpc) is 3.30. The minimum atomic E-state index is 0.114. The molecule has 4 rings (SSSR count). The van der Waals surface area contributed by atoms with Crippen LogP contribution in [0.1, 0.15) is 29.5 Å². The fourth-order valence-corrected chi connectivity index (χ4v) is 5.59. The van der Waals surface area contributed by atoms with Crippen molar-refractivity contribution in [1.82, 2.24) is 4.98 Å². The summed E-state index contributed by atoms with van der Waals surface area (Å²) in [4.78, 5) is 21.3. The summed E-state index contributed by atoms with van der Waals surface area (Å²) >= 11 is 3.37. The summed E-state index contributed by atoms with van der Waals surface area (Å²) in [5.74, 6) is 1.85. The van der Waals surface area contributed by atoms with Crippen LogP contribution in [-0.2, 0) is 11.3 Å². The normalized spacial score (nSPS) is 11.0. The molecule has 1 amide bonds. The predicted octanol–water partition coefficient (Wildman–Crippen LogP) is 7.03. The second-order valence-corrected chi connectivity index (χ2v) is 10.1. The third kappa shape index (κ3) is 5.75. The predicted molar refractivity (Wildman–Crippen MR) is 140 cm³/mol. The molecule has 6 heteroatoms. The van der Waals surface area contributed by atoms with Gasteiger partial charge in [0, 0.05) is 11.3 Å². The van der Waals surface area contributed by atoms with E-state index in [1.807, 2.05) is 35.2 Å². The van der Waals surface area contributed by atoms with E-state index >= 15 is 0 Å². The minimum absolute atomic E-state index is 0.114. The Balaban J connectivity index is 1.47. The average molecular weight is 477 g/mol. The summed E-state index contributed by atoms with van der Waals surface area (Å²) in [5.41, 5.74) is 4.44. The van der Waals surface area contributed by atoms with Gasteiger partial charge in [0.05, 0.1) is 23.9 Å². The van der Waals surface area contributed by atoms with Gasteiger partial charge in [0.2, 0.25) is 5.91 Å². The number of benzene rings is 3. The maximum atomic E-state index is 13.4. The Morgan fingerprint density at radius 2 is 1.73 bits per heavy atom. The van der Waals surface area contributed by atoms with Crippen molar-refractivity contribution in [2.75, 3.05) is 17.8 Å². The van der Waals surface area contributed by atoms with Gasteiger partial charge in [-0.1, -0.05) is 53.8 Å². The number of thioether (sulfide) groups is 1. The maximum absolute atomic E-state index is 13.4. The number of thiazole rings is 1. The van der Waals surface area contributed by atoms with Crippen molar-refractivity contribution in [2.24, 2.45) is 0 Å². The third-order valence-electron chi connectivity index (χ3n) is 5.51. The SMILES string of the molecule is COc1ccc(SCCCC(=O)N(Cc2ccccc2)c2nc3c(C)ccc(C)c3s2)cc1. The molecule has 4 nitrogen and oxygen atoms in total. The fourth-order valence-electron chi connectivity index (χ4n) is 3.61. The lowest BCUT2D eigenvalue weighted by molar-refractivity contribution is -0.118. The first-order valence-electron chi connectivity index (χ1n) is 11.0. The molecule has 3 aromatic carbocycles. The molecule has 1 aromatic heterocycles. The first-order chi connectivity index (χ1) is 16.0. The summed E-state index contributed by atoms with van der Waals surface area (Å²) in [5, 5.41) is 0.777. The highest BCUT2D eigenvalue weighted by molar-refractivity contribution is 7.99. The van der Waals surface area contributed by atoms with Gasteiger partial charge >= 0.3 is 0 Å². The number of amides is 1. The van der Waals surface area contributed by atoms with Crippen LogP contribution in [0.5, 0.6) is 5.75 Å². The standard InChI is InChI=1S/C27H28N2O2S2/c1-19-11-12-20(2)26-25(19)28-27(33-26)29(18-21-8-5-4-6-9-21)24(30)10-7-17-32-23-15-13-22(31-3)14-16-23/h4-6,8-9,11-16H,7,10,17-18H2,1-3H3. The molecule has 33 heavy (non-hydrogen) atoms. The molecule has 0 unspecified atom stereocenters. The Hall–Kier alpha value is -2.83. The highest BCUT2D eigenvalue weighted by atomic mass is 32.2. The Labute approximate surface area is 203 Å². The van der Waals surface area contributed by atoms with E-state index in [2.05, 4.69) is 50.2 Å². The lowest BCUT2D eigenvalue weighted by Gasteiger charge is -2.20. The highest BCUT2D eigenvalue weighted by Gasteiger charge is 2.21. The Kier molecular flexibility index (Phi) is 7.68. The number of aromatic nitrogens is 1. The quantitative estimate of drug-likeness (QED) is 0.192. The Morgan fingerprint density at radius 3 is 2.42 bits per heavy atom. The summed E-state index contributed by atoms with van der Waals surface area (Å²) in [6.07, 6.45) is 1.30. The Bertz CT molecular complexity index is 1180. The van der Waals surface area contributed by atoms with Crippen LogP contribution in [0.4, 0.5) is 5.13 Å². The third-order valence-corrected chi connectivity index (χ3v) is 7.82. The van der Waals surface area contributed by atoms with Crippen LogP contribution in [0.2, 0.25) is 0 Å². The largest absolute Gasteiger partial charge is 0.497 e. The van der Waals surface area contributed by atoms with Gasteiger partial charge in [0.1, 0.15) is 5.75 Å². The molecule has 0 aliphatic rings. The summed E-state index contributed by atoms with van der Waals surface area (Å²) < 4.78 is 6.37. The van der Waals surface area contributed by atoms with E-state index in [0.29, 0.717) is 13.0 Å². The van der Waals surface area contributed by atoms with E-state index in [0.717, 1.165) is 44.4 Å². The molecule has 4 aromatic rings. The number of hydrogen-bond donors (Lipinski definition) is 0. The van der Waals surface area contributed by atoms with Crippen LogP contribution in [-0.4, -0.2) is 23.8 Å². The minimum Gasteiger partial charge on any atom is -0.497 e. The fraction of sp³-hybridized carbons (Fsp3) is 0.259. The summed E-state index contributed by atoms with van der Waals surface area (Å²) in [6.45, 7) is 4.71. The first kappa shape index (κ1) is 23.3. The van der Waals surface area contributed by atoms with Gasteiger partial charge in [-0.3, -0.25) is 9.69 Å². The summed E-state index contributed by atoms with van der Waals surface area (Å²) in [6, 6.07) is 22.4. The van der Waals surface area contributed by atoms with E-state index in [9.17, 15) is 4.79 Å². The van der Waals surface area contributed by atoms with Crippen molar-refractivity contribution in [2.45, 2.75) is 38.1 Å². The van der Waals surface area contributed by atoms with Crippen LogP contribution < -0.4 is 9.64 Å². The van der Waals surface area contributed by atoms with Crippen molar-refractivity contribution in [3.8, 4) is 5.75 Å². The molecule has 0 aliphatic carbocycles. The lowest BCUT2D eigenvalue weighted by Crippen LogP contribution is -2.30. The topological polar surface area (TPSA) is 42.4 Å². The molecule has 0 aliphatic heterocycles. The number of hydrogen-bond acceptors (Lipinski definition) is 5. The van der Waals surface area contributed by atoms with E-state index in [4.69, 9.17) is 9.72 Å². The van der Waals surface area contributed by atoms with Gasteiger partial charge in [-0.25, -0.2) is 4.98 Å². The number of carbonyl (C=O) groups is 1. The number of rotatable bonds is 9. The van der Waals surface area contributed by atoms with E-state index < -0.39 is 0 Å². The summed E-state index contributed by atoms with van der Waals surface area (Å²) in [7, 11) is 1.67. The molecule has 170 valence electrons. The molecule has 0 spiro atoms. The zero-order valence-electron chi connectivity index (χ0n) is 19.2. The maximum Gasteiger partial charge on any atom is 0.229 e. The van der Waals surface area contributed by atoms with Gasteiger partial charge in [-0.15, -0.1) is 11.8 Å². The molecule has 0 radical (unpaired) electrons. The molecule has 0 fully saturated rings. The molecule has 0 atom stereocenters. The number of anilines is 1. The second-order valence-electron chi connectivity index (χ2n) is 7.97. The second kappa shape index (κ2) is 10.9. The number of aryl methyl sites for hydroxylation is 2. The zero-order valence-corrected chi connectivity index (χ0v) is 20.8. The number of carbonyl (C=O) groups excluding carboxylic acids is 1. The van der Waals surface area contributed by atoms with Crippen LogP contribution in [0.25, 0.3) is 10.2 Å². The molecular weight excluding hydrogens is 448 g/mol. The smallest absolute Gasteiger partial charge is 0.229 e.